The third-order valence-electron chi connectivity index (χ3n) is 4.50. The van der Waals surface area contributed by atoms with Gasteiger partial charge in [0.2, 0.25) is 0 Å². The number of imide groups is 1. The Balaban J connectivity index is 1.66. The fourth-order valence-corrected chi connectivity index (χ4v) is 3.80. The number of ether oxygens (including phenoxy) is 2. The van der Waals surface area contributed by atoms with Crippen molar-refractivity contribution in [1.82, 2.24) is 4.90 Å². The van der Waals surface area contributed by atoms with E-state index in [1.807, 2.05) is 38.1 Å². The first-order valence-electron chi connectivity index (χ1n) is 9.84. The molecule has 0 aliphatic carbocycles. The van der Waals surface area contributed by atoms with Gasteiger partial charge in [-0.2, -0.15) is 0 Å². The number of methoxy groups -OCH3 is 1. The number of carbonyl (C=O) groups excluding carboxylic acids is 3. The van der Waals surface area contributed by atoms with Crippen molar-refractivity contribution in [3.63, 3.8) is 0 Å². The molecule has 31 heavy (non-hydrogen) atoms. The highest BCUT2D eigenvalue weighted by Crippen LogP contribution is 2.34. The Morgan fingerprint density at radius 3 is 2.55 bits per heavy atom. The van der Waals surface area contributed by atoms with E-state index in [1.54, 1.807) is 24.3 Å². The van der Waals surface area contributed by atoms with Gasteiger partial charge in [-0.25, -0.2) is 0 Å². The highest BCUT2D eigenvalue weighted by molar-refractivity contribution is 8.18. The maximum Gasteiger partial charge on any atom is 0.293 e. The molecule has 1 aliphatic heterocycles. The van der Waals surface area contributed by atoms with Crippen molar-refractivity contribution in [1.29, 1.82) is 0 Å². The lowest BCUT2D eigenvalue weighted by Gasteiger charge is -2.12. The summed E-state index contributed by atoms with van der Waals surface area (Å²) in [4.78, 5) is 38.2. The zero-order valence-corrected chi connectivity index (χ0v) is 18.5. The van der Waals surface area contributed by atoms with Crippen LogP contribution in [0.2, 0.25) is 0 Å². The summed E-state index contributed by atoms with van der Waals surface area (Å²) in [6, 6.07) is 12.6. The first kappa shape index (κ1) is 22.4. The van der Waals surface area contributed by atoms with Gasteiger partial charge in [-0.3, -0.25) is 19.3 Å². The second kappa shape index (κ2) is 10.2. The average Bonchev–Trinajstić information content (AvgIpc) is 3.02. The van der Waals surface area contributed by atoms with Gasteiger partial charge in [-0.1, -0.05) is 30.7 Å². The third kappa shape index (κ3) is 5.67. The van der Waals surface area contributed by atoms with Crippen LogP contribution in [-0.4, -0.2) is 42.2 Å². The van der Waals surface area contributed by atoms with Crippen molar-refractivity contribution in [2.24, 2.45) is 0 Å². The Morgan fingerprint density at radius 1 is 1.13 bits per heavy atom. The molecule has 0 spiro atoms. The maximum atomic E-state index is 12.4. The molecule has 1 aliphatic rings. The molecule has 162 valence electrons. The van der Waals surface area contributed by atoms with Gasteiger partial charge in [0, 0.05) is 12.2 Å². The van der Waals surface area contributed by atoms with Gasteiger partial charge in [0.25, 0.3) is 17.1 Å². The lowest BCUT2D eigenvalue weighted by molar-refractivity contribution is -0.122. The average molecular weight is 441 g/mol. The van der Waals surface area contributed by atoms with Gasteiger partial charge < -0.3 is 14.8 Å². The molecule has 1 N–H and O–H groups in total. The van der Waals surface area contributed by atoms with Gasteiger partial charge >= 0.3 is 0 Å². The van der Waals surface area contributed by atoms with Crippen molar-refractivity contribution in [3.05, 3.63) is 58.5 Å². The predicted octanol–water partition coefficient (Wildman–Crippen LogP) is 4.47. The molecule has 0 radical (unpaired) electrons. The second-order valence-electron chi connectivity index (χ2n) is 6.95. The predicted molar refractivity (Wildman–Crippen MR) is 121 cm³/mol. The summed E-state index contributed by atoms with van der Waals surface area (Å²) in [5.74, 6) is 0.242. The highest BCUT2D eigenvalue weighted by atomic mass is 32.2. The molecule has 1 fully saturated rings. The number of rotatable bonds is 8. The standard InChI is InChI=1S/C23H24N2O5S/c1-4-11-25-22(27)20(31-23(25)28)13-16-7-10-18(19(12-16)29-3)30-14-21(26)24-17-8-5-15(2)6-9-17/h5-10,12-13H,4,11,14H2,1-3H3,(H,24,26)/b20-13+. The van der Waals surface area contributed by atoms with Crippen LogP contribution in [0.5, 0.6) is 11.5 Å². The fraction of sp³-hybridized carbons (Fsp3) is 0.261. The molecule has 2 aromatic rings. The zero-order chi connectivity index (χ0) is 22.4. The molecule has 0 unspecified atom stereocenters. The molecule has 0 bridgehead atoms. The number of amides is 3. The number of anilines is 1. The quantitative estimate of drug-likeness (QED) is 0.610. The van der Waals surface area contributed by atoms with Crippen LogP contribution in [0.3, 0.4) is 0 Å². The van der Waals surface area contributed by atoms with Gasteiger partial charge in [0.1, 0.15) is 0 Å². The molecule has 2 aromatic carbocycles. The number of nitrogens with one attached hydrogen (secondary N) is 1. The van der Waals surface area contributed by atoms with Crippen molar-refractivity contribution in [2.75, 3.05) is 25.6 Å². The molecule has 8 heteroatoms. The molecule has 7 nitrogen and oxygen atoms in total. The molecule has 1 saturated heterocycles. The second-order valence-corrected chi connectivity index (χ2v) is 7.94. The molecular weight excluding hydrogens is 416 g/mol. The summed E-state index contributed by atoms with van der Waals surface area (Å²) in [7, 11) is 1.49. The van der Waals surface area contributed by atoms with E-state index in [2.05, 4.69) is 5.32 Å². The minimum Gasteiger partial charge on any atom is -0.493 e. The normalized spacial score (nSPS) is 14.8. The van der Waals surface area contributed by atoms with Gasteiger partial charge in [0.15, 0.2) is 18.1 Å². The molecular formula is C23H24N2O5S. The minimum atomic E-state index is -0.292. The number of thioether (sulfide) groups is 1. The van der Waals surface area contributed by atoms with Gasteiger partial charge in [-0.15, -0.1) is 0 Å². The van der Waals surface area contributed by atoms with Crippen LogP contribution < -0.4 is 14.8 Å². The van der Waals surface area contributed by atoms with E-state index < -0.39 is 0 Å². The van der Waals surface area contributed by atoms with Crippen molar-refractivity contribution < 1.29 is 23.9 Å². The number of hydrogen-bond acceptors (Lipinski definition) is 6. The third-order valence-corrected chi connectivity index (χ3v) is 5.41. The first-order chi connectivity index (χ1) is 14.9. The molecule has 0 saturated carbocycles. The topological polar surface area (TPSA) is 84.9 Å². The molecule has 3 rings (SSSR count). The summed E-state index contributed by atoms with van der Waals surface area (Å²) >= 11 is 0.924. The Kier molecular flexibility index (Phi) is 7.36. The maximum absolute atomic E-state index is 12.4. The van der Waals surface area contributed by atoms with Crippen LogP contribution in [0.1, 0.15) is 24.5 Å². The first-order valence-corrected chi connectivity index (χ1v) is 10.7. The summed E-state index contributed by atoms with van der Waals surface area (Å²) in [5, 5.41) is 2.51. The summed E-state index contributed by atoms with van der Waals surface area (Å²) in [5.41, 5.74) is 2.49. The van der Waals surface area contributed by atoms with E-state index in [4.69, 9.17) is 9.47 Å². The number of hydrogen-bond donors (Lipinski definition) is 1. The van der Waals surface area contributed by atoms with Crippen LogP contribution in [0.15, 0.2) is 47.4 Å². The van der Waals surface area contributed by atoms with Crippen LogP contribution in [0.25, 0.3) is 6.08 Å². The summed E-state index contributed by atoms with van der Waals surface area (Å²) < 4.78 is 11.0. The minimum absolute atomic E-state index is 0.181. The number of carbonyl (C=O) groups is 3. The van der Waals surface area contributed by atoms with E-state index in [9.17, 15) is 14.4 Å². The zero-order valence-electron chi connectivity index (χ0n) is 17.6. The summed E-state index contributed by atoms with van der Waals surface area (Å²) in [6.07, 6.45) is 2.36. The van der Waals surface area contributed by atoms with E-state index in [-0.39, 0.29) is 23.7 Å². The smallest absolute Gasteiger partial charge is 0.293 e. The molecule has 1 heterocycles. The number of nitrogens with zero attached hydrogens (tertiary/aromatic N) is 1. The Bertz CT molecular complexity index is 1020. The number of aryl methyl sites for hydroxylation is 1. The van der Waals surface area contributed by atoms with Crippen molar-refractivity contribution in [3.8, 4) is 11.5 Å². The molecule has 3 amide bonds. The Hall–Kier alpha value is -3.26. The van der Waals surface area contributed by atoms with E-state index in [1.165, 1.54) is 12.0 Å². The van der Waals surface area contributed by atoms with Gasteiger partial charge in [0.05, 0.1) is 12.0 Å². The van der Waals surface area contributed by atoms with E-state index >= 15 is 0 Å². The van der Waals surface area contributed by atoms with E-state index in [0.29, 0.717) is 40.6 Å². The Labute approximate surface area is 185 Å². The van der Waals surface area contributed by atoms with Crippen LogP contribution in [0, 0.1) is 6.92 Å². The number of benzene rings is 2. The fourth-order valence-electron chi connectivity index (χ4n) is 2.94. The van der Waals surface area contributed by atoms with Crippen LogP contribution in [-0.2, 0) is 9.59 Å². The van der Waals surface area contributed by atoms with Crippen LogP contribution >= 0.6 is 11.8 Å². The van der Waals surface area contributed by atoms with Crippen molar-refractivity contribution >= 4 is 40.6 Å². The molecule has 0 atom stereocenters. The summed E-state index contributed by atoms with van der Waals surface area (Å²) in [6.45, 7) is 4.11. The lowest BCUT2D eigenvalue weighted by Crippen LogP contribution is -2.28. The highest BCUT2D eigenvalue weighted by Gasteiger charge is 2.34. The van der Waals surface area contributed by atoms with E-state index in [0.717, 1.165) is 17.3 Å². The molecule has 0 aromatic heterocycles. The largest absolute Gasteiger partial charge is 0.493 e. The Morgan fingerprint density at radius 2 is 1.87 bits per heavy atom. The monoisotopic (exact) mass is 440 g/mol. The van der Waals surface area contributed by atoms with Crippen molar-refractivity contribution in [2.45, 2.75) is 20.3 Å². The SMILES string of the molecule is CCCN1C(=O)S/C(=C/c2ccc(OCC(=O)Nc3ccc(C)cc3)c(OC)c2)C1=O. The van der Waals surface area contributed by atoms with Crippen LogP contribution in [0.4, 0.5) is 10.5 Å². The lowest BCUT2D eigenvalue weighted by atomic mass is 10.2. The van der Waals surface area contributed by atoms with Gasteiger partial charge in [-0.05, 0) is 61.0 Å².